The maximum absolute atomic E-state index is 10.4. The Hall–Kier alpha value is -1.61. The van der Waals surface area contributed by atoms with Crippen molar-refractivity contribution in [1.82, 2.24) is 9.78 Å². The van der Waals surface area contributed by atoms with Gasteiger partial charge in [-0.05, 0) is 50.7 Å². The summed E-state index contributed by atoms with van der Waals surface area (Å²) in [4.78, 5) is 0. The third kappa shape index (κ3) is 2.50. The first-order valence-electron chi connectivity index (χ1n) is 7.41. The van der Waals surface area contributed by atoms with Gasteiger partial charge in [0.1, 0.15) is 0 Å². The summed E-state index contributed by atoms with van der Waals surface area (Å²) in [7, 11) is 0. The Morgan fingerprint density at radius 3 is 2.55 bits per heavy atom. The van der Waals surface area contributed by atoms with Crippen LogP contribution in [0.5, 0.6) is 0 Å². The molecule has 1 aliphatic carbocycles. The molecule has 1 aliphatic rings. The average Bonchev–Trinajstić information content (AvgIpc) is 2.79. The Morgan fingerprint density at radius 2 is 1.90 bits per heavy atom. The average molecular weight is 270 g/mol. The number of aromatic nitrogens is 2. The number of nitrogens with zero attached hydrogens (tertiary/aromatic N) is 2. The predicted octanol–water partition coefficient (Wildman–Crippen LogP) is 3.37. The van der Waals surface area contributed by atoms with Crippen LogP contribution in [0.2, 0.25) is 0 Å². The van der Waals surface area contributed by atoms with Gasteiger partial charge in [0, 0.05) is 5.69 Å². The van der Waals surface area contributed by atoms with E-state index in [9.17, 15) is 5.11 Å². The van der Waals surface area contributed by atoms with Crippen LogP contribution in [0.3, 0.4) is 0 Å². The molecule has 2 aromatic rings. The topological polar surface area (TPSA) is 38.0 Å². The van der Waals surface area contributed by atoms with Gasteiger partial charge in [-0.15, -0.1) is 0 Å². The van der Waals surface area contributed by atoms with Crippen LogP contribution in [0.1, 0.15) is 48.2 Å². The van der Waals surface area contributed by atoms with Crippen LogP contribution in [0.25, 0.3) is 0 Å². The number of hydrogen-bond donors (Lipinski definition) is 1. The van der Waals surface area contributed by atoms with Gasteiger partial charge in [-0.1, -0.05) is 30.3 Å². The molecule has 1 fully saturated rings. The minimum Gasteiger partial charge on any atom is -0.391 e. The van der Waals surface area contributed by atoms with Crippen molar-refractivity contribution in [3.8, 4) is 0 Å². The van der Waals surface area contributed by atoms with Crippen LogP contribution in [-0.2, 0) is 0 Å². The molecule has 3 atom stereocenters. The minimum atomic E-state index is -0.284. The second-order valence-electron chi connectivity index (χ2n) is 5.93. The first-order valence-corrected chi connectivity index (χ1v) is 7.41. The minimum absolute atomic E-state index is 0.0997. The summed E-state index contributed by atoms with van der Waals surface area (Å²) < 4.78 is 2.02. The molecule has 3 nitrogen and oxygen atoms in total. The molecular formula is C17H22N2O. The van der Waals surface area contributed by atoms with Crippen LogP contribution in [0, 0.1) is 13.8 Å². The molecule has 1 aromatic carbocycles. The van der Waals surface area contributed by atoms with Crippen molar-refractivity contribution >= 4 is 0 Å². The molecule has 1 aromatic heterocycles. The number of aliphatic hydroxyl groups excluding tert-OH is 1. The van der Waals surface area contributed by atoms with Gasteiger partial charge < -0.3 is 5.11 Å². The Kier molecular flexibility index (Phi) is 3.62. The van der Waals surface area contributed by atoms with Crippen molar-refractivity contribution in [3.05, 3.63) is 53.3 Å². The molecule has 0 amide bonds. The van der Waals surface area contributed by atoms with Crippen molar-refractivity contribution in [2.75, 3.05) is 0 Å². The lowest BCUT2D eigenvalue weighted by Crippen LogP contribution is -2.32. The molecule has 106 valence electrons. The number of rotatable bonds is 2. The van der Waals surface area contributed by atoms with E-state index in [1.54, 1.807) is 0 Å². The maximum atomic E-state index is 10.4. The second kappa shape index (κ2) is 5.41. The van der Waals surface area contributed by atoms with Crippen LogP contribution >= 0.6 is 0 Å². The SMILES string of the molecule is Cc1cc(C)n(C2CC(c3ccccc3)CCC2O)n1. The third-order valence-electron chi connectivity index (χ3n) is 4.41. The molecular weight excluding hydrogens is 248 g/mol. The van der Waals surface area contributed by atoms with E-state index in [0.717, 1.165) is 30.7 Å². The van der Waals surface area contributed by atoms with Crippen LogP contribution in [0.4, 0.5) is 0 Å². The van der Waals surface area contributed by atoms with Crippen LogP contribution in [0.15, 0.2) is 36.4 Å². The van der Waals surface area contributed by atoms with Crippen molar-refractivity contribution in [1.29, 1.82) is 0 Å². The standard InChI is InChI=1S/C17H22N2O/c1-12-10-13(2)19(18-12)16-11-15(8-9-17(16)20)14-6-4-3-5-7-14/h3-7,10,15-17,20H,8-9,11H2,1-2H3. The number of aliphatic hydroxyl groups is 1. The first kappa shape index (κ1) is 13.4. The summed E-state index contributed by atoms with van der Waals surface area (Å²) >= 11 is 0. The van der Waals surface area contributed by atoms with Gasteiger partial charge in [0.25, 0.3) is 0 Å². The second-order valence-corrected chi connectivity index (χ2v) is 5.93. The van der Waals surface area contributed by atoms with E-state index in [4.69, 9.17) is 0 Å². The van der Waals surface area contributed by atoms with Crippen LogP contribution in [-0.4, -0.2) is 21.0 Å². The molecule has 1 heterocycles. The van der Waals surface area contributed by atoms with Gasteiger partial charge in [0.2, 0.25) is 0 Å². The van der Waals surface area contributed by atoms with Crippen molar-refractivity contribution in [3.63, 3.8) is 0 Å². The fourth-order valence-corrected chi connectivity index (χ4v) is 3.40. The van der Waals surface area contributed by atoms with Gasteiger partial charge >= 0.3 is 0 Å². The summed E-state index contributed by atoms with van der Waals surface area (Å²) in [5, 5.41) is 14.9. The third-order valence-corrected chi connectivity index (χ3v) is 4.41. The molecule has 0 saturated heterocycles. The lowest BCUT2D eigenvalue weighted by Gasteiger charge is -2.34. The summed E-state index contributed by atoms with van der Waals surface area (Å²) in [5.74, 6) is 0.522. The Labute approximate surface area is 120 Å². The fourth-order valence-electron chi connectivity index (χ4n) is 3.40. The molecule has 0 bridgehead atoms. The number of aryl methyl sites for hydroxylation is 2. The normalized spacial score (nSPS) is 26.6. The zero-order chi connectivity index (χ0) is 14.1. The lowest BCUT2D eigenvalue weighted by atomic mass is 9.80. The zero-order valence-electron chi connectivity index (χ0n) is 12.2. The van der Waals surface area contributed by atoms with E-state index in [-0.39, 0.29) is 12.1 Å². The highest BCUT2D eigenvalue weighted by molar-refractivity contribution is 5.21. The Balaban J connectivity index is 1.85. The Morgan fingerprint density at radius 1 is 1.15 bits per heavy atom. The molecule has 3 rings (SSSR count). The fraction of sp³-hybridized carbons (Fsp3) is 0.471. The highest BCUT2D eigenvalue weighted by atomic mass is 16.3. The summed E-state index contributed by atoms with van der Waals surface area (Å²) in [5.41, 5.74) is 3.54. The van der Waals surface area contributed by atoms with Crippen molar-refractivity contribution < 1.29 is 5.11 Å². The van der Waals surface area contributed by atoms with E-state index < -0.39 is 0 Å². The Bertz CT molecular complexity index is 576. The van der Waals surface area contributed by atoms with Gasteiger partial charge in [-0.25, -0.2) is 0 Å². The molecule has 0 spiro atoms. The molecule has 20 heavy (non-hydrogen) atoms. The van der Waals surface area contributed by atoms with E-state index in [2.05, 4.69) is 48.4 Å². The number of hydrogen-bond acceptors (Lipinski definition) is 2. The molecule has 3 heteroatoms. The molecule has 0 radical (unpaired) electrons. The van der Waals surface area contributed by atoms with Gasteiger partial charge in [-0.3, -0.25) is 4.68 Å². The summed E-state index contributed by atoms with van der Waals surface area (Å²) in [6.07, 6.45) is 2.59. The van der Waals surface area contributed by atoms with E-state index >= 15 is 0 Å². The predicted molar refractivity (Wildman–Crippen MR) is 79.8 cm³/mol. The molecule has 3 unspecified atom stereocenters. The quantitative estimate of drug-likeness (QED) is 0.908. The van der Waals surface area contributed by atoms with E-state index in [1.165, 1.54) is 5.56 Å². The number of benzene rings is 1. The highest BCUT2D eigenvalue weighted by Gasteiger charge is 2.32. The lowest BCUT2D eigenvalue weighted by molar-refractivity contribution is 0.0605. The van der Waals surface area contributed by atoms with Crippen molar-refractivity contribution in [2.24, 2.45) is 0 Å². The smallest absolute Gasteiger partial charge is 0.0787 e. The largest absolute Gasteiger partial charge is 0.391 e. The first-order chi connectivity index (χ1) is 9.65. The van der Waals surface area contributed by atoms with Crippen molar-refractivity contribution in [2.45, 2.75) is 51.2 Å². The molecule has 1 N–H and O–H groups in total. The van der Waals surface area contributed by atoms with E-state index in [1.807, 2.05) is 11.6 Å². The molecule has 1 saturated carbocycles. The maximum Gasteiger partial charge on any atom is 0.0787 e. The van der Waals surface area contributed by atoms with Crippen LogP contribution < -0.4 is 0 Å². The van der Waals surface area contributed by atoms with Gasteiger partial charge in [-0.2, -0.15) is 5.10 Å². The molecule has 0 aliphatic heterocycles. The summed E-state index contributed by atoms with van der Waals surface area (Å²) in [6.45, 7) is 4.08. The monoisotopic (exact) mass is 270 g/mol. The van der Waals surface area contributed by atoms with Gasteiger partial charge in [0.15, 0.2) is 0 Å². The highest BCUT2D eigenvalue weighted by Crippen LogP contribution is 2.39. The zero-order valence-corrected chi connectivity index (χ0v) is 12.2. The van der Waals surface area contributed by atoms with Gasteiger partial charge in [0.05, 0.1) is 17.8 Å². The summed E-state index contributed by atoms with van der Waals surface area (Å²) in [6, 6.07) is 12.8. The van der Waals surface area contributed by atoms with E-state index in [0.29, 0.717) is 5.92 Å².